The van der Waals surface area contributed by atoms with E-state index in [4.69, 9.17) is 0 Å². The lowest BCUT2D eigenvalue weighted by Gasteiger charge is -2.15. The second-order valence-corrected chi connectivity index (χ2v) is 5.31. The number of carbonyl (C=O) groups excluding carboxylic acids is 1. The third kappa shape index (κ3) is 3.89. The minimum absolute atomic E-state index is 0.0422. The van der Waals surface area contributed by atoms with E-state index in [0.29, 0.717) is 18.8 Å². The van der Waals surface area contributed by atoms with Crippen molar-refractivity contribution in [1.82, 2.24) is 20.1 Å². The van der Waals surface area contributed by atoms with E-state index in [-0.39, 0.29) is 5.91 Å². The van der Waals surface area contributed by atoms with Gasteiger partial charge < -0.3 is 4.90 Å². The van der Waals surface area contributed by atoms with Crippen molar-refractivity contribution >= 4 is 21.8 Å². The Bertz CT molecular complexity index is 582. The Morgan fingerprint density at radius 2 is 2.26 bits per heavy atom. The Balaban J connectivity index is 1.96. The average molecular weight is 323 g/mol. The number of hydrogen-bond donors (Lipinski definition) is 1. The maximum absolute atomic E-state index is 12.1. The first-order chi connectivity index (χ1) is 9.04. The molecule has 1 aromatic carbocycles. The van der Waals surface area contributed by atoms with Crippen LogP contribution in [-0.4, -0.2) is 33.0 Å². The molecule has 2 aromatic rings. The molecule has 1 heterocycles. The number of aromatic nitrogens is 3. The number of benzene rings is 1. The third-order valence-electron chi connectivity index (χ3n) is 2.69. The van der Waals surface area contributed by atoms with Crippen LogP contribution in [0.4, 0.5) is 0 Å². The molecule has 0 bridgehead atoms. The molecular weight excluding hydrogens is 308 g/mol. The van der Waals surface area contributed by atoms with E-state index in [1.165, 1.54) is 0 Å². The molecule has 0 aliphatic carbocycles. The molecule has 0 saturated heterocycles. The fraction of sp³-hybridized carbons (Fsp3) is 0.308. The predicted molar refractivity (Wildman–Crippen MR) is 75.4 cm³/mol. The molecule has 0 spiro atoms. The van der Waals surface area contributed by atoms with E-state index < -0.39 is 0 Å². The van der Waals surface area contributed by atoms with Crippen molar-refractivity contribution in [3.63, 3.8) is 0 Å². The first kappa shape index (κ1) is 13.7. The normalized spacial score (nSPS) is 10.5. The summed E-state index contributed by atoms with van der Waals surface area (Å²) in [6, 6.07) is 7.75. The molecular formula is C13H15BrN4O. The highest BCUT2D eigenvalue weighted by atomic mass is 79.9. The van der Waals surface area contributed by atoms with E-state index >= 15 is 0 Å². The minimum atomic E-state index is 0.0422. The summed E-state index contributed by atoms with van der Waals surface area (Å²) >= 11 is 3.40. The van der Waals surface area contributed by atoms with Crippen LogP contribution in [0.3, 0.4) is 0 Å². The lowest BCUT2D eigenvalue weighted by molar-refractivity contribution is -0.129. The van der Waals surface area contributed by atoms with Crippen LogP contribution in [-0.2, 0) is 17.8 Å². The zero-order valence-corrected chi connectivity index (χ0v) is 12.4. The summed E-state index contributed by atoms with van der Waals surface area (Å²) in [4.78, 5) is 17.9. The van der Waals surface area contributed by atoms with Crippen molar-refractivity contribution in [2.45, 2.75) is 19.9 Å². The fourth-order valence-corrected chi connectivity index (χ4v) is 2.16. The maximum atomic E-state index is 12.1. The lowest BCUT2D eigenvalue weighted by Crippen LogP contribution is -2.28. The molecule has 1 amide bonds. The number of nitrogens with one attached hydrogen (secondary N) is 1. The van der Waals surface area contributed by atoms with Gasteiger partial charge in [0, 0.05) is 11.5 Å². The van der Waals surface area contributed by atoms with E-state index in [2.05, 4.69) is 31.1 Å². The van der Waals surface area contributed by atoms with Crippen molar-refractivity contribution in [2.24, 2.45) is 0 Å². The van der Waals surface area contributed by atoms with Gasteiger partial charge in [0.05, 0.1) is 13.0 Å². The van der Waals surface area contributed by atoms with Gasteiger partial charge in [0.25, 0.3) is 0 Å². The van der Waals surface area contributed by atoms with Crippen molar-refractivity contribution < 1.29 is 4.79 Å². The highest BCUT2D eigenvalue weighted by Crippen LogP contribution is 2.13. The summed E-state index contributed by atoms with van der Waals surface area (Å²) in [6.45, 7) is 2.25. The van der Waals surface area contributed by atoms with Crippen LogP contribution >= 0.6 is 15.9 Å². The molecule has 100 valence electrons. The molecule has 2 rings (SSSR count). The molecule has 0 saturated carbocycles. The molecule has 0 atom stereocenters. The van der Waals surface area contributed by atoms with Gasteiger partial charge in [-0.25, -0.2) is 4.98 Å². The summed E-state index contributed by atoms with van der Waals surface area (Å²) in [5.74, 6) is 1.42. The van der Waals surface area contributed by atoms with Gasteiger partial charge in [-0.3, -0.25) is 9.89 Å². The van der Waals surface area contributed by atoms with E-state index in [1.807, 2.05) is 31.2 Å². The van der Waals surface area contributed by atoms with Crippen LogP contribution in [0.5, 0.6) is 0 Å². The molecule has 0 unspecified atom stereocenters. The average Bonchev–Trinajstić information content (AvgIpc) is 2.74. The van der Waals surface area contributed by atoms with Crippen molar-refractivity contribution in [3.8, 4) is 0 Å². The van der Waals surface area contributed by atoms with Gasteiger partial charge in [0.2, 0.25) is 5.91 Å². The SMILES string of the molecule is Cc1nc(CN(C)C(=O)Cc2cccc(Br)c2)n[nH]1. The monoisotopic (exact) mass is 322 g/mol. The topological polar surface area (TPSA) is 61.9 Å². The predicted octanol–water partition coefficient (Wildman–Crippen LogP) is 2.08. The van der Waals surface area contributed by atoms with Crippen LogP contribution in [0.2, 0.25) is 0 Å². The quantitative estimate of drug-likeness (QED) is 0.937. The number of nitrogens with zero attached hydrogens (tertiary/aromatic N) is 3. The zero-order chi connectivity index (χ0) is 13.8. The molecule has 1 N–H and O–H groups in total. The largest absolute Gasteiger partial charge is 0.338 e. The van der Waals surface area contributed by atoms with Gasteiger partial charge in [-0.2, -0.15) is 5.10 Å². The maximum Gasteiger partial charge on any atom is 0.227 e. The van der Waals surface area contributed by atoms with Crippen LogP contribution in [0.15, 0.2) is 28.7 Å². The minimum Gasteiger partial charge on any atom is -0.338 e. The number of H-pyrrole nitrogens is 1. The Labute approximate surface area is 120 Å². The number of hydrogen-bond acceptors (Lipinski definition) is 3. The van der Waals surface area contributed by atoms with Gasteiger partial charge in [0.1, 0.15) is 5.82 Å². The van der Waals surface area contributed by atoms with Crippen LogP contribution in [0.1, 0.15) is 17.2 Å². The van der Waals surface area contributed by atoms with Gasteiger partial charge in [0.15, 0.2) is 5.82 Å². The zero-order valence-electron chi connectivity index (χ0n) is 10.9. The highest BCUT2D eigenvalue weighted by molar-refractivity contribution is 9.10. The van der Waals surface area contributed by atoms with Crippen LogP contribution in [0.25, 0.3) is 0 Å². The Hall–Kier alpha value is -1.69. The second kappa shape index (κ2) is 5.97. The molecule has 0 fully saturated rings. The fourth-order valence-electron chi connectivity index (χ4n) is 1.72. The summed E-state index contributed by atoms with van der Waals surface area (Å²) < 4.78 is 0.977. The number of aryl methyl sites for hydroxylation is 1. The number of amides is 1. The van der Waals surface area contributed by atoms with E-state index in [0.717, 1.165) is 15.9 Å². The summed E-state index contributed by atoms with van der Waals surface area (Å²) in [7, 11) is 1.76. The first-order valence-electron chi connectivity index (χ1n) is 5.91. The second-order valence-electron chi connectivity index (χ2n) is 4.39. The number of carbonyl (C=O) groups is 1. The molecule has 5 nitrogen and oxygen atoms in total. The van der Waals surface area contributed by atoms with Gasteiger partial charge in [-0.1, -0.05) is 28.1 Å². The number of likely N-dealkylation sites (N-methyl/N-ethyl adjacent to an activating group) is 1. The smallest absolute Gasteiger partial charge is 0.227 e. The standard InChI is InChI=1S/C13H15BrN4O/c1-9-15-12(17-16-9)8-18(2)13(19)7-10-4-3-5-11(14)6-10/h3-6H,7-8H2,1-2H3,(H,15,16,17). The Morgan fingerprint density at radius 3 is 2.89 bits per heavy atom. The van der Waals surface area contributed by atoms with Gasteiger partial charge in [-0.05, 0) is 24.6 Å². The van der Waals surface area contributed by atoms with Crippen molar-refractivity contribution in [3.05, 3.63) is 46.0 Å². The number of aromatic amines is 1. The molecule has 1 aromatic heterocycles. The van der Waals surface area contributed by atoms with Crippen molar-refractivity contribution in [2.75, 3.05) is 7.05 Å². The third-order valence-corrected chi connectivity index (χ3v) is 3.19. The van der Waals surface area contributed by atoms with Crippen LogP contribution in [0, 0.1) is 6.92 Å². The Kier molecular flexibility index (Phi) is 4.31. The summed E-state index contributed by atoms with van der Waals surface area (Å²) in [5.41, 5.74) is 0.984. The number of halogens is 1. The highest BCUT2D eigenvalue weighted by Gasteiger charge is 2.12. The lowest BCUT2D eigenvalue weighted by atomic mass is 10.1. The number of rotatable bonds is 4. The van der Waals surface area contributed by atoms with E-state index in [1.54, 1.807) is 11.9 Å². The summed E-state index contributed by atoms with van der Waals surface area (Å²) in [6.07, 6.45) is 0.374. The van der Waals surface area contributed by atoms with Gasteiger partial charge >= 0.3 is 0 Å². The van der Waals surface area contributed by atoms with Crippen molar-refractivity contribution in [1.29, 1.82) is 0 Å². The molecule has 6 heteroatoms. The molecule has 0 aliphatic heterocycles. The molecule has 0 aliphatic rings. The molecule has 19 heavy (non-hydrogen) atoms. The van der Waals surface area contributed by atoms with Crippen LogP contribution < -0.4 is 0 Å². The van der Waals surface area contributed by atoms with Gasteiger partial charge in [-0.15, -0.1) is 0 Å². The van der Waals surface area contributed by atoms with E-state index in [9.17, 15) is 4.79 Å². The summed E-state index contributed by atoms with van der Waals surface area (Å²) in [5, 5.41) is 6.79. The Morgan fingerprint density at radius 1 is 1.47 bits per heavy atom. The molecule has 0 radical (unpaired) electrons. The first-order valence-corrected chi connectivity index (χ1v) is 6.70.